The molecule has 0 fully saturated rings. The van der Waals surface area contributed by atoms with Crippen molar-refractivity contribution in [2.24, 2.45) is 0 Å². The van der Waals surface area contributed by atoms with E-state index in [1.807, 2.05) is 0 Å². The molecule has 0 heterocycles. The first-order valence-electron chi connectivity index (χ1n) is 6.00. The second-order valence-electron chi connectivity index (χ2n) is 4.22. The Kier molecular flexibility index (Phi) is 4.62. The van der Waals surface area contributed by atoms with E-state index in [-0.39, 0.29) is 0 Å². The zero-order valence-corrected chi connectivity index (χ0v) is 11.9. The van der Waals surface area contributed by atoms with Crippen molar-refractivity contribution < 1.29 is 18.6 Å². The monoisotopic (exact) mass is 296 g/mol. The summed E-state index contributed by atoms with van der Waals surface area (Å²) in [6.07, 6.45) is -0.753. The predicted molar refractivity (Wildman–Crippen MR) is 74.1 cm³/mol. The van der Waals surface area contributed by atoms with Crippen LogP contribution in [-0.4, -0.2) is 12.2 Å². The summed E-state index contributed by atoms with van der Waals surface area (Å²) in [4.78, 5) is 0.964. The number of methoxy groups -OCH3 is 1. The molecular formula is C15H14F2O2S. The standard InChI is InChI=1S/C15H14F2O2S/c1-9(18)15-12(19-2)4-3-5-14(15)20-13-7-6-10(16)8-11(13)17/h3-9,18H,1-2H3/t9-/m1/s1. The van der Waals surface area contributed by atoms with E-state index in [4.69, 9.17) is 4.74 Å². The summed E-state index contributed by atoms with van der Waals surface area (Å²) in [7, 11) is 1.51. The van der Waals surface area contributed by atoms with E-state index in [9.17, 15) is 13.9 Å². The van der Waals surface area contributed by atoms with Gasteiger partial charge in [-0.15, -0.1) is 0 Å². The Balaban J connectivity index is 2.43. The molecule has 2 nitrogen and oxygen atoms in total. The van der Waals surface area contributed by atoms with Gasteiger partial charge in [-0.3, -0.25) is 0 Å². The van der Waals surface area contributed by atoms with Crippen LogP contribution in [0.1, 0.15) is 18.6 Å². The largest absolute Gasteiger partial charge is 0.496 e. The van der Waals surface area contributed by atoms with Crippen molar-refractivity contribution in [1.82, 2.24) is 0 Å². The quantitative estimate of drug-likeness (QED) is 0.918. The van der Waals surface area contributed by atoms with Crippen molar-refractivity contribution in [1.29, 1.82) is 0 Å². The van der Waals surface area contributed by atoms with Gasteiger partial charge >= 0.3 is 0 Å². The molecule has 0 aliphatic carbocycles. The van der Waals surface area contributed by atoms with Crippen LogP contribution in [0.15, 0.2) is 46.2 Å². The smallest absolute Gasteiger partial charge is 0.140 e. The minimum absolute atomic E-state index is 0.293. The topological polar surface area (TPSA) is 29.5 Å². The lowest BCUT2D eigenvalue weighted by molar-refractivity contribution is 0.191. The number of hydrogen-bond donors (Lipinski definition) is 1. The van der Waals surface area contributed by atoms with Gasteiger partial charge in [-0.05, 0) is 31.2 Å². The molecule has 0 saturated carbocycles. The minimum Gasteiger partial charge on any atom is -0.496 e. The first kappa shape index (κ1) is 14.8. The Morgan fingerprint density at radius 1 is 1.15 bits per heavy atom. The van der Waals surface area contributed by atoms with Crippen LogP contribution in [0.5, 0.6) is 5.75 Å². The lowest BCUT2D eigenvalue weighted by atomic mass is 10.1. The average Bonchev–Trinajstić information content (AvgIpc) is 2.41. The predicted octanol–water partition coefficient (Wildman–Crippen LogP) is 4.18. The second kappa shape index (κ2) is 6.24. The van der Waals surface area contributed by atoms with E-state index in [1.54, 1.807) is 25.1 Å². The van der Waals surface area contributed by atoms with Gasteiger partial charge < -0.3 is 9.84 Å². The van der Waals surface area contributed by atoms with E-state index in [1.165, 1.54) is 19.2 Å². The molecule has 0 saturated heterocycles. The number of hydrogen-bond acceptors (Lipinski definition) is 3. The van der Waals surface area contributed by atoms with Gasteiger partial charge in [0.05, 0.1) is 13.2 Å². The summed E-state index contributed by atoms with van der Waals surface area (Å²) in [6.45, 7) is 1.61. The van der Waals surface area contributed by atoms with Crippen LogP contribution in [0.2, 0.25) is 0 Å². The molecule has 0 radical (unpaired) electrons. The van der Waals surface area contributed by atoms with E-state index in [2.05, 4.69) is 0 Å². The molecule has 0 aliphatic rings. The van der Waals surface area contributed by atoms with E-state index >= 15 is 0 Å². The Bertz CT molecular complexity index is 615. The number of benzene rings is 2. The molecule has 0 amide bonds. The molecule has 1 N–H and O–H groups in total. The highest BCUT2D eigenvalue weighted by Gasteiger charge is 2.16. The summed E-state index contributed by atoms with van der Waals surface area (Å²) in [6, 6.07) is 8.67. The van der Waals surface area contributed by atoms with Gasteiger partial charge in [-0.25, -0.2) is 8.78 Å². The zero-order valence-electron chi connectivity index (χ0n) is 11.1. The van der Waals surface area contributed by atoms with Gasteiger partial charge in [0.2, 0.25) is 0 Å². The molecule has 1 atom stereocenters. The first-order chi connectivity index (χ1) is 9.52. The van der Waals surface area contributed by atoms with Crippen LogP contribution in [0.3, 0.4) is 0 Å². The van der Waals surface area contributed by atoms with Crippen molar-refractivity contribution in [3.8, 4) is 5.75 Å². The minimum atomic E-state index is -0.753. The zero-order chi connectivity index (χ0) is 14.7. The third-order valence-corrected chi connectivity index (χ3v) is 3.90. The Hall–Kier alpha value is -1.59. The number of rotatable bonds is 4. The first-order valence-corrected chi connectivity index (χ1v) is 6.82. The fourth-order valence-electron chi connectivity index (χ4n) is 1.88. The van der Waals surface area contributed by atoms with E-state index < -0.39 is 17.7 Å². The molecule has 2 aromatic carbocycles. The maximum Gasteiger partial charge on any atom is 0.140 e. The summed E-state index contributed by atoms with van der Waals surface area (Å²) < 4.78 is 31.8. The molecule has 0 aromatic heterocycles. The number of halogens is 2. The van der Waals surface area contributed by atoms with Gasteiger partial charge in [-0.2, -0.15) is 0 Å². The maximum atomic E-state index is 13.7. The molecule has 0 spiro atoms. The number of ether oxygens (including phenoxy) is 1. The van der Waals surface area contributed by atoms with Crippen molar-refractivity contribution in [2.75, 3.05) is 7.11 Å². The Labute approximate surface area is 120 Å². The van der Waals surface area contributed by atoms with Gasteiger partial charge in [-0.1, -0.05) is 17.8 Å². The molecule has 0 unspecified atom stereocenters. The Morgan fingerprint density at radius 2 is 1.90 bits per heavy atom. The molecule has 20 heavy (non-hydrogen) atoms. The highest BCUT2D eigenvalue weighted by molar-refractivity contribution is 7.99. The van der Waals surface area contributed by atoms with Crippen LogP contribution in [-0.2, 0) is 0 Å². The molecule has 5 heteroatoms. The summed E-state index contributed by atoms with van der Waals surface area (Å²) in [5.41, 5.74) is 0.587. The fraction of sp³-hybridized carbons (Fsp3) is 0.200. The molecular weight excluding hydrogens is 282 g/mol. The third kappa shape index (κ3) is 3.11. The Morgan fingerprint density at radius 3 is 2.50 bits per heavy atom. The maximum absolute atomic E-state index is 13.7. The molecule has 106 valence electrons. The van der Waals surface area contributed by atoms with Crippen LogP contribution in [0.4, 0.5) is 8.78 Å². The van der Waals surface area contributed by atoms with E-state index in [0.717, 1.165) is 17.8 Å². The normalized spacial score (nSPS) is 12.2. The highest BCUT2D eigenvalue weighted by Crippen LogP contribution is 2.39. The van der Waals surface area contributed by atoms with Gasteiger partial charge in [0.25, 0.3) is 0 Å². The lowest BCUT2D eigenvalue weighted by Gasteiger charge is -2.15. The average molecular weight is 296 g/mol. The van der Waals surface area contributed by atoms with Gasteiger partial charge in [0.15, 0.2) is 0 Å². The molecule has 0 bridgehead atoms. The van der Waals surface area contributed by atoms with Gasteiger partial charge in [0.1, 0.15) is 17.4 Å². The highest BCUT2D eigenvalue weighted by atomic mass is 32.2. The number of aliphatic hydroxyl groups excluding tert-OH is 1. The summed E-state index contributed by atoms with van der Waals surface area (Å²) in [5.74, 6) is -0.713. The van der Waals surface area contributed by atoms with E-state index in [0.29, 0.717) is 21.1 Å². The molecule has 2 aromatic rings. The third-order valence-electron chi connectivity index (χ3n) is 2.78. The van der Waals surface area contributed by atoms with Crippen molar-refractivity contribution in [2.45, 2.75) is 22.8 Å². The van der Waals surface area contributed by atoms with Crippen LogP contribution >= 0.6 is 11.8 Å². The van der Waals surface area contributed by atoms with Crippen LogP contribution in [0, 0.1) is 11.6 Å². The van der Waals surface area contributed by atoms with Crippen molar-refractivity contribution in [3.63, 3.8) is 0 Å². The number of aliphatic hydroxyl groups is 1. The second-order valence-corrected chi connectivity index (χ2v) is 5.31. The SMILES string of the molecule is COc1cccc(Sc2ccc(F)cc2F)c1[C@@H](C)O. The van der Waals surface area contributed by atoms with Gasteiger partial charge in [0, 0.05) is 21.4 Å². The lowest BCUT2D eigenvalue weighted by Crippen LogP contribution is -1.99. The molecule has 0 aliphatic heterocycles. The van der Waals surface area contributed by atoms with Crippen LogP contribution < -0.4 is 4.74 Å². The van der Waals surface area contributed by atoms with Crippen molar-refractivity contribution >= 4 is 11.8 Å². The van der Waals surface area contributed by atoms with Crippen molar-refractivity contribution in [3.05, 3.63) is 53.6 Å². The summed E-state index contributed by atoms with van der Waals surface area (Å²) in [5, 5.41) is 9.86. The van der Waals surface area contributed by atoms with Crippen LogP contribution in [0.25, 0.3) is 0 Å². The molecule has 2 rings (SSSR count). The summed E-state index contributed by atoms with van der Waals surface area (Å²) >= 11 is 1.13. The fourth-order valence-corrected chi connectivity index (χ4v) is 2.94.